The van der Waals surface area contributed by atoms with Gasteiger partial charge in [0.05, 0.1) is 5.25 Å². The molecule has 0 radical (unpaired) electrons. The average Bonchev–Trinajstić information content (AvgIpc) is 2.69. The molecule has 1 rings (SSSR count). The van der Waals surface area contributed by atoms with Crippen molar-refractivity contribution in [3.05, 3.63) is 0 Å². The molecule has 0 amide bonds. The van der Waals surface area contributed by atoms with Crippen LogP contribution in [0.25, 0.3) is 0 Å². The number of carbonyl (C=O) groups is 1. The molecule has 2 heteroatoms. The molecule has 82 valence electrons. The van der Waals surface area contributed by atoms with Crippen molar-refractivity contribution in [2.75, 3.05) is 5.75 Å². The summed E-state index contributed by atoms with van der Waals surface area (Å²) in [5.41, 5.74) is 0. The van der Waals surface area contributed by atoms with Crippen LogP contribution in [-0.2, 0) is 4.79 Å². The fourth-order valence-electron chi connectivity index (χ4n) is 2.19. The second-order valence-electron chi connectivity index (χ2n) is 4.18. The van der Waals surface area contributed by atoms with Gasteiger partial charge in [0.15, 0.2) is 0 Å². The van der Waals surface area contributed by atoms with Crippen molar-refractivity contribution in [3.8, 4) is 0 Å². The van der Waals surface area contributed by atoms with Crippen LogP contribution in [0.15, 0.2) is 0 Å². The molecule has 0 aliphatic carbocycles. The van der Waals surface area contributed by atoms with Gasteiger partial charge >= 0.3 is 0 Å². The lowest BCUT2D eigenvalue weighted by atomic mass is 9.91. The molecule has 0 saturated carbocycles. The molecule has 1 nitrogen and oxygen atoms in total. The number of rotatable bonds is 6. The number of hydrogen-bond donors (Lipinski definition) is 0. The molecule has 0 aromatic heterocycles. The van der Waals surface area contributed by atoms with Crippen LogP contribution in [0, 0.1) is 5.92 Å². The molecule has 1 atom stereocenters. The third kappa shape index (κ3) is 3.30. The highest BCUT2D eigenvalue weighted by atomic mass is 32.2. The summed E-state index contributed by atoms with van der Waals surface area (Å²) in [5.74, 6) is 2.11. The number of ketones is 1. The van der Waals surface area contributed by atoms with Crippen molar-refractivity contribution in [2.45, 2.75) is 57.6 Å². The quantitative estimate of drug-likeness (QED) is 0.671. The second kappa shape index (κ2) is 6.49. The number of carbonyl (C=O) groups excluding carboxylic acids is 1. The molecule has 1 heterocycles. The summed E-state index contributed by atoms with van der Waals surface area (Å²) in [6.45, 7) is 4.36. The summed E-state index contributed by atoms with van der Waals surface area (Å²) in [5, 5.41) is 0.345. The van der Waals surface area contributed by atoms with Gasteiger partial charge in [0.1, 0.15) is 5.78 Å². The Morgan fingerprint density at radius 2 is 2.00 bits per heavy atom. The summed E-state index contributed by atoms with van der Waals surface area (Å²) in [6.07, 6.45) is 6.87. The average molecular weight is 214 g/mol. The molecule has 1 unspecified atom stereocenters. The standard InChI is InChI=1S/C12H22OS/c1-3-6-10(7-4-2)12(13)11-8-5-9-14-11/h10-11H,3-9H2,1-2H3. The maximum absolute atomic E-state index is 12.1. The molecule has 1 aliphatic rings. The lowest BCUT2D eigenvalue weighted by Crippen LogP contribution is -2.24. The van der Waals surface area contributed by atoms with Gasteiger partial charge in [-0.3, -0.25) is 4.79 Å². The van der Waals surface area contributed by atoms with Gasteiger partial charge in [-0.2, -0.15) is 11.8 Å². The van der Waals surface area contributed by atoms with Crippen molar-refractivity contribution in [1.29, 1.82) is 0 Å². The lowest BCUT2D eigenvalue weighted by molar-refractivity contribution is -0.122. The van der Waals surface area contributed by atoms with Crippen LogP contribution >= 0.6 is 11.8 Å². The molecule has 14 heavy (non-hydrogen) atoms. The molecule has 1 saturated heterocycles. The third-order valence-corrected chi connectivity index (χ3v) is 4.32. The minimum atomic E-state index is 0.345. The Morgan fingerprint density at radius 3 is 2.43 bits per heavy atom. The Kier molecular flexibility index (Phi) is 5.61. The van der Waals surface area contributed by atoms with E-state index in [9.17, 15) is 4.79 Å². The Bertz CT molecular complexity index is 167. The van der Waals surface area contributed by atoms with Crippen LogP contribution in [0.4, 0.5) is 0 Å². The van der Waals surface area contributed by atoms with E-state index in [0.717, 1.165) is 32.1 Å². The van der Waals surface area contributed by atoms with Gasteiger partial charge in [-0.15, -0.1) is 0 Å². The monoisotopic (exact) mass is 214 g/mol. The third-order valence-electron chi connectivity index (χ3n) is 2.92. The highest BCUT2D eigenvalue weighted by Gasteiger charge is 2.28. The first-order valence-corrected chi connectivity index (χ1v) is 6.99. The van der Waals surface area contributed by atoms with Gasteiger partial charge < -0.3 is 0 Å². The largest absolute Gasteiger partial charge is 0.298 e. The normalized spacial score (nSPS) is 21.8. The first-order chi connectivity index (χ1) is 6.79. The molecule has 0 spiro atoms. The van der Waals surface area contributed by atoms with E-state index in [1.54, 1.807) is 0 Å². The van der Waals surface area contributed by atoms with E-state index in [-0.39, 0.29) is 0 Å². The molecular formula is C12H22OS. The van der Waals surface area contributed by atoms with Gasteiger partial charge in [-0.05, 0) is 31.4 Å². The zero-order chi connectivity index (χ0) is 10.4. The summed E-state index contributed by atoms with van der Waals surface area (Å²) in [6, 6.07) is 0. The van der Waals surface area contributed by atoms with Crippen molar-refractivity contribution < 1.29 is 4.79 Å². The lowest BCUT2D eigenvalue weighted by Gasteiger charge is -2.17. The van der Waals surface area contributed by atoms with Gasteiger partial charge in [-0.1, -0.05) is 26.7 Å². The van der Waals surface area contributed by atoms with Crippen molar-refractivity contribution in [3.63, 3.8) is 0 Å². The number of Topliss-reactive ketones (excluding diaryl/α,β-unsaturated/α-hetero) is 1. The number of hydrogen-bond acceptors (Lipinski definition) is 2. The van der Waals surface area contributed by atoms with E-state index in [1.807, 2.05) is 11.8 Å². The maximum atomic E-state index is 12.1. The Morgan fingerprint density at radius 1 is 1.36 bits per heavy atom. The molecule has 0 N–H and O–H groups in total. The minimum absolute atomic E-state index is 0.345. The topological polar surface area (TPSA) is 17.1 Å². The van der Waals surface area contributed by atoms with Crippen LogP contribution in [0.1, 0.15) is 52.4 Å². The van der Waals surface area contributed by atoms with Crippen LogP contribution in [0.2, 0.25) is 0 Å². The highest BCUT2D eigenvalue weighted by Crippen LogP contribution is 2.31. The van der Waals surface area contributed by atoms with E-state index in [0.29, 0.717) is 17.0 Å². The van der Waals surface area contributed by atoms with E-state index < -0.39 is 0 Å². The summed E-state index contributed by atoms with van der Waals surface area (Å²) in [4.78, 5) is 12.1. The summed E-state index contributed by atoms with van der Waals surface area (Å²) in [7, 11) is 0. The van der Waals surface area contributed by atoms with E-state index >= 15 is 0 Å². The fourth-order valence-corrected chi connectivity index (χ4v) is 3.50. The van der Waals surface area contributed by atoms with Crippen molar-refractivity contribution in [2.24, 2.45) is 5.92 Å². The minimum Gasteiger partial charge on any atom is -0.298 e. The highest BCUT2D eigenvalue weighted by molar-refractivity contribution is 8.00. The number of thioether (sulfide) groups is 1. The van der Waals surface area contributed by atoms with Gasteiger partial charge in [0.2, 0.25) is 0 Å². The smallest absolute Gasteiger partial charge is 0.148 e. The zero-order valence-corrected chi connectivity index (χ0v) is 10.2. The van der Waals surface area contributed by atoms with E-state index in [1.165, 1.54) is 12.2 Å². The Labute approximate surface area is 92.0 Å². The molecular weight excluding hydrogens is 192 g/mol. The van der Waals surface area contributed by atoms with E-state index in [2.05, 4.69) is 13.8 Å². The second-order valence-corrected chi connectivity index (χ2v) is 5.49. The zero-order valence-electron chi connectivity index (χ0n) is 9.42. The van der Waals surface area contributed by atoms with Crippen LogP contribution in [0.5, 0.6) is 0 Å². The Balaban J connectivity index is 2.43. The van der Waals surface area contributed by atoms with Crippen LogP contribution in [-0.4, -0.2) is 16.8 Å². The predicted octanol–water partition coefficient (Wildman–Crippen LogP) is 3.67. The fraction of sp³-hybridized carbons (Fsp3) is 0.917. The van der Waals surface area contributed by atoms with Gasteiger partial charge in [-0.25, -0.2) is 0 Å². The van der Waals surface area contributed by atoms with Gasteiger partial charge in [0.25, 0.3) is 0 Å². The first kappa shape index (κ1) is 12.1. The van der Waals surface area contributed by atoms with Crippen LogP contribution < -0.4 is 0 Å². The van der Waals surface area contributed by atoms with Crippen molar-refractivity contribution >= 4 is 17.5 Å². The molecule has 1 fully saturated rings. The Hall–Kier alpha value is 0.0200. The SMILES string of the molecule is CCCC(CCC)C(=O)C1CCCS1. The first-order valence-electron chi connectivity index (χ1n) is 5.94. The van der Waals surface area contributed by atoms with Gasteiger partial charge in [0, 0.05) is 5.92 Å². The molecule has 1 aliphatic heterocycles. The van der Waals surface area contributed by atoms with E-state index in [4.69, 9.17) is 0 Å². The predicted molar refractivity (Wildman–Crippen MR) is 63.8 cm³/mol. The molecule has 0 bridgehead atoms. The van der Waals surface area contributed by atoms with Crippen molar-refractivity contribution in [1.82, 2.24) is 0 Å². The maximum Gasteiger partial charge on any atom is 0.148 e. The molecule has 0 aromatic carbocycles. The summed E-state index contributed by atoms with van der Waals surface area (Å²) < 4.78 is 0. The van der Waals surface area contributed by atoms with Crippen LogP contribution in [0.3, 0.4) is 0 Å². The summed E-state index contributed by atoms with van der Waals surface area (Å²) >= 11 is 1.88. The molecule has 0 aromatic rings.